The van der Waals surface area contributed by atoms with Crippen LogP contribution in [0, 0.1) is 0 Å². The molecule has 1 fully saturated rings. The number of hydrogen-bond donors (Lipinski definition) is 2. The van der Waals surface area contributed by atoms with Crippen LogP contribution >= 0.6 is 12.4 Å². The third-order valence-electron chi connectivity index (χ3n) is 6.07. The number of halogens is 1. The predicted octanol–water partition coefficient (Wildman–Crippen LogP) is 4.70. The summed E-state index contributed by atoms with van der Waals surface area (Å²) in [4.78, 5) is 19.7. The Balaban J connectivity index is 0.00000289. The lowest BCUT2D eigenvalue weighted by Gasteiger charge is -2.36. The number of amides is 1. The number of carbonyl (C=O) groups excluding carboxylic acids is 1. The second-order valence-corrected chi connectivity index (χ2v) is 8.24. The lowest BCUT2D eigenvalue weighted by Crippen LogP contribution is -2.46. The van der Waals surface area contributed by atoms with Crippen LogP contribution in [0.1, 0.15) is 25.3 Å². The number of benzene rings is 2. The van der Waals surface area contributed by atoms with Crippen LogP contribution in [0.15, 0.2) is 48.7 Å². The molecule has 2 aromatic carbocycles. The van der Waals surface area contributed by atoms with E-state index in [1.165, 1.54) is 23.1 Å². The molecule has 1 aromatic heterocycles. The van der Waals surface area contributed by atoms with Crippen molar-refractivity contribution in [2.45, 2.75) is 26.2 Å². The largest absolute Gasteiger partial charge is 0.497 e. The maximum atomic E-state index is 11.3. The number of aryl methyl sites for hydroxylation is 1. The van der Waals surface area contributed by atoms with Crippen molar-refractivity contribution in [3.05, 3.63) is 54.2 Å². The van der Waals surface area contributed by atoms with E-state index in [2.05, 4.69) is 44.5 Å². The molecule has 2 heterocycles. The highest BCUT2D eigenvalue weighted by Crippen LogP contribution is 2.24. The molecule has 1 saturated heterocycles. The second kappa shape index (κ2) is 11.2. The lowest BCUT2D eigenvalue weighted by molar-refractivity contribution is -0.114. The summed E-state index contributed by atoms with van der Waals surface area (Å²) in [6, 6.07) is 14.4. The van der Waals surface area contributed by atoms with Gasteiger partial charge < -0.3 is 19.9 Å². The maximum Gasteiger partial charge on any atom is 0.221 e. The Morgan fingerprint density at radius 3 is 2.50 bits per heavy atom. The predicted molar refractivity (Wildman–Crippen MR) is 134 cm³/mol. The zero-order chi connectivity index (χ0) is 21.6. The number of methoxy groups -OCH3 is 1. The monoisotopic (exact) mass is 456 g/mol. The van der Waals surface area contributed by atoms with Gasteiger partial charge in [-0.2, -0.15) is 0 Å². The van der Waals surface area contributed by atoms with Crippen LogP contribution in [0.4, 0.5) is 11.4 Å². The van der Waals surface area contributed by atoms with Crippen LogP contribution in [-0.2, 0) is 11.2 Å². The molecule has 0 saturated carbocycles. The number of H-pyrrole nitrogens is 1. The van der Waals surface area contributed by atoms with Gasteiger partial charge in [0.25, 0.3) is 0 Å². The molecule has 0 spiro atoms. The van der Waals surface area contributed by atoms with E-state index in [0.717, 1.165) is 62.5 Å². The Labute approximate surface area is 196 Å². The molecule has 1 aliphatic rings. The number of nitrogens with zero attached hydrogens (tertiary/aromatic N) is 2. The van der Waals surface area contributed by atoms with E-state index in [1.54, 1.807) is 14.0 Å². The van der Waals surface area contributed by atoms with E-state index in [-0.39, 0.29) is 18.3 Å². The molecule has 172 valence electrons. The van der Waals surface area contributed by atoms with Gasteiger partial charge in [-0.15, -0.1) is 12.4 Å². The van der Waals surface area contributed by atoms with Gasteiger partial charge in [-0.1, -0.05) is 0 Å². The molecule has 3 aromatic rings. The standard InChI is InChI=1S/C25H32N4O2.ClH/c1-19(30)27-21-6-11-25-24(17-21)20(18-26-25)5-3-4-12-28-13-15-29(16-14-28)22-7-9-23(31-2)10-8-22;/h6-11,17-18,26H,3-5,12-16H2,1-2H3,(H,27,30);1H. The third kappa shape index (κ3) is 5.96. The number of aromatic amines is 1. The van der Waals surface area contributed by atoms with Crippen molar-refractivity contribution < 1.29 is 9.53 Å². The SMILES string of the molecule is COc1ccc(N2CCN(CCCCc3c[nH]c4ccc(NC(C)=O)cc34)CC2)cc1.Cl. The highest BCUT2D eigenvalue weighted by molar-refractivity contribution is 5.93. The van der Waals surface area contributed by atoms with E-state index < -0.39 is 0 Å². The number of aromatic nitrogens is 1. The van der Waals surface area contributed by atoms with E-state index in [0.29, 0.717) is 0 Å². The van der Waals surface area contributed by atoms with Crippen LogP contribution in [0.5, 0.6) is 5.75 Å². The minimum absolute atomic E-state index is 0. The van der Waals surface area contributed by atoms with Crippen LogP contribution < -0.4 is 15.0 Å². The normalized spacial score (nSPS) is 14.2. The van der Waals surface area contributed by atoms with Gasteiger partial charge >= 0.3 is 0 Å². The number of rotatable bonds is 8. The van der Waals surface area contributed by atoms with Gasteiger partial charge in [0.1, 0.15) is 5.75 Å². The number of piperazine rings is 1. The average molecular weight is 457 g/mol. The Bertz CT molecular complexity index is 1010. The molecule has 6 nitrogen and oxygen atoms in total. The zero-order valence-electron chi connectivity index (χ0n) is 18.9. The molecule has 1 amide bonds. The fourth-order valence-electron chi connectivity index (χ4n) is 4.34. The zero-order valence-corrected chi connectivity index (χ0v) is 19.7. The van der Waals surface area contributed by atoms with Gasteiger partial charge in [0.15, 0.2) is 0 Å². The van der Waals surface area contributed by atoms with Crippen molar-refractivity contribution in [2.75, 3.05) is 50.1 Å². The summed E-state index contributed by atoms with van der Waals surface area (Å²) < 4.78 is 5.25. The first-order valence-corrected chi connectivity index (χ1v) is 11.1. The van der Waals surface area contributed by atoms with Crippen LogP contribution in [0.3, 0.4) is 0 Å². The molecule has 32 heavy (non-hydrogen) atoms. The van der Waals surface area contributed by atoms with Crippen molar-refractivity contribution >= 4 is 40.6 Å². The minimum atomic E-state index is -0.0384. The molecule has 7 heteroatoms. The summed E-state index contributed by atoms with van der Waals surface area (Å²) in [5.74, 6) is 0.868. The fraction of sp³-hybridized carbons (Fsp3) is 0.400. The molecule has 1 aliphatic heterocycles. The molecular weight excluding hydrogens is 424 g/mol. The molecule has 0 unspecified atom stereocenters. The van der Waals surface area contributed by atoms with Crippen molar-refractivity contribution in [3.8, 4) is 5.75 Å². The molecule has 0 radical (unpaired) electrons. The van der Waals surface area contributed by atoms with E-state index in [1.807, 2.05) is 24.3 Å². The summed E-state index contributed by atoms with van der Waals surface area (Å²) in [7, 11) is 1.70. The first-order valence-electron chi connectivity index (χ1n) is 11.1. The number of carbonyl (C=O) groups is 1. The number of fused-ring (bicyclic) bond motifs is 1. The van der Waals surface area contributed by atoms with Gasteiger partial charge in [-0.05, 0) is 73.8 Å². The molecule has 2 N–H and O–H groups in total. The number of unbranched alkanes of at least 4 members (excludes halogenated alkanes) is 1. The Morgan fingerprint density at radius 1 is 1.06 bits per heavy atom. The smallest absolute Gasteiger partial charge is 0.221 e. The van der Waals surface area contributed by atoms with Crippen molar-refractivity contribution in [1.29, 1.82) is 0 Å². The van der Waals surface area contributed by atoms with Crippen LogP contribution in [-0.4, -0.2) is 55.6 Å². The van der Waals surface area contributed by atoms with Gasteiger partial charge in [0.2, 0.25) is 5.91 Å². The second-order valence-electron chi connectivity index (χ2n) is 8.24. The Morgan fingerprint density at radius 2 is 1.81 bits per heavy atom. The maximum absolute atomic E-state index is 11.3. The number of anilines is 2. The first kappa shape index (κ1) is 24.0. The minimum Gasteiger partial charge on any atom is -0.497 e. The molecule has 0 atom stereocenters. The number of ether oxygens (including phenoxy) is 1. The molecule has 0 aliphatic carbocycles. The lowest BCUT2D eigenvalue weighted by atomic mass is 10.1. The van der Waals surface area contributed by atoms with Gasteiger partial charge in [0, 0.05) is 61.6 Å². The summed E-state index contributed by atoms with van der Waals surface area (Å²) >= 11 is 0. The fourth-order valence-corrected chi connectivity index (χ4v) is 4.34. The van der Waals surface area contributed by atoms with Gasteiger partial charge in [-0.3, -0.25) is 9.69 Å². The van der Waals surface area contributed by atoms with E-state index in [4.69, 9.17) is 4.74 Å². The topological polar surface area (TPSA) is 60.6 Å². The van der Waals surface area contributed by atoms with E-state index >= 15 is 0 Å². The van der Waals surface area contributed by atoms with Crippen molar-refractivity contribution in [3.63, 3.8) is 0 Å². The number of nitrogens with one attached hydrogen (secondary N) is 2. The van der Waals surface area contributed by atoms with Gasteiger partial charge in [-0.25, -0.2) is 0 Å². The summed E-state index contributed by atoms with van der Waals surface area (Å²) in [5.41, 5.74) is 4.58. The summed E-state index contributed by atoms with van der Waals surface area (Å²) in [6.07, 6.45) is 5.52. The highest BCUT2D eigenvalue weighted by Gasteiger charge is 2.17. The third-order valence-corrected chi connectivity index (χ3v) is 6.07. The summed E-state index contributed by atoms with van der Waals surface area (Å²) in [5, 5.41) is 4.08. The summed E-state index contributed by atoms with van der Waals surface area (Å²) in [6.45, 7) is 7.05. The average Bonchev–Trinajstić information content (AvgIpc) is 3.19. The Hall–Kier alpha value is -2.70. The molecule has 4 rings (SSSR count). The van der Waals surface area contributed by atoms with Crippen LogP contribution in [0.25, 0.3) is 10.9 Å². The van der Waals surface area contributed by atoms with E-state index in [9.17, 15) is 4.79 Å². The molecule has 0 bridgehead atoms. The van der Waals surface area contributed by atoms with Crippen molar-refractivity contribution in [1.82, 2.24) is 9.88 Å². The van der Waals surface area contributed by atoms with Crippen LogP contribution in [0.2, 0.25) is 0 Å². The molecular formula is C25H33ClN4O2. The number of hydrogen-bond acceptors (Lipinski definition) is 4. The first-order chi connectivity index (χ1) is 15.1. The highest BCUT2D eigenvalue weighted by atomic mass is 35.5. The Kier molecular flexibility index (Phi) is 8.42. The quantitative estimate of drug-likeness (QED) is 0.482. The van der Waals surface area contributed by atoms with Crippen molar-refractivity contribution in [2.24, 2.45) is 0 Å². The van der Waals surface area contributed by atoms with Gasteiger partial charge in [0.05, 0.1) is 7.11 Å².